The number of anilines is 1. The Balaban J connectivity index is 1.87. The highest BCUT2D eigenvalue weighted by Crippen LogP contribution is 2.20. The highest BCUT2D eigenvalue weighted by molar-refractivity contribution is 7.98. The first kappa shape index (κ1) is 13.7. The van der Waals surface area contributed by atoms with Gasteiger partial charge in [0.1, 0.15) is 0 Å². The summed E-state index contributed by atoms with van der Waals surface area (Å²) in [5.41, 5.74) is 3.15. The van der Waals surface area contributed by atoms with Crippen molar-refractivity contribution in [3.05, 3.63) is 53.7 Å². The predicted octanol–water partition coefficient (Wildman–Crippen LogP) is 3.85. The molecule has 0 aliphatic heterocycles. The van der Waals surface area contributed by atoms with Gasteiger partial charge in [-0.05, 0) is 49.6 Å². The molecule has 0 aliphatic rings. The second kappa shape index (κ2) is 5.61. The van der Waals surface area contributed by atoms with Crippen LogP contribution in [-0.2, 0) is 0 Å². The van der Waals surface area contributed by atoms with Gasteiger partial charge in [0.25, 0.3) is 5.91 Å². The summed E-state index contributed by atoms with van der Waals surface area (Å²) in [6.45, 7) is 2.00. The lowest BCUT2D eigenvalue weighted by molar-refractivity contribution is 0.102. The fraction of sp³-hybridized carbons (Fsp3) is 0.125. The normalized spacial score (nSPS) is 10.8. The van der Waals surface area contributed by atoms with Crippen molar-refractivity contribution in [3.63, 3.8) is 0 Å². The van der Waals surface area contributed by atoms with Gasteiger partial charge in [0.05, 0.1) is 5.52 Å². The average molecular weight is 297 g/mol. The van der Waals surface area contributed by atoms with E-state index in [2.05, 4.69) is 15.5 Å². The highest BCUT2D eigenvalue weighted by Gasteiger charge is 2.14. The molecule has 21 heavy (non-hydrogen) atoms. The van der Waals surface area contributed by atoms with E-state index in [4.69, 9.17) is 0 Å². The Morgan fingerprint density at radius 1 is 1.19 bits per heavy atom. The van der Waals surface area contributed by atoms with Crippen molar-refractivity contribution >= 4 is 34.3 Å². The van der Waals surface area contributed by atoms with Crippen LogP contribution < -0.4 is 5.32 Å². The number of benzene rings is 2. The van der Waals surface area contributed by atoms with E-state index in [-0.39, 0.29) is 5.91 Å². The van der Waals surface area contributed by atoms with Gasteiger partial charge in [-0.2, -0.15) is 5.10 Å². The van der Waals surface area contributed by atoms with Gasteiger partial charge < -0.3 is 5.32 Å². The largest absolute Gasteiger partial charge is 0.321 e. The van der Waals surface area contributed by atoms with Crippen molar-refractivity contribution < 1.29 is 4.79 Å². The summed E-state index contributed by atoms with van der Waals surface area (Å²) in [7, 11) is 0. The first-order chi connectivity index (χ1) is 10.2. The third-order valence-corrected chi connectivity index (χ3v) is 4.02. The maximum Gasteiger partial charge on any atom is 0.276 e. The van der Waals surface area contributed by atoms with Gasteiger partial charge in [-0.3, -0.25) is 9.89 Å². The van der Waals surface area contributed by atoms with Gasteiger partial charge in [0.15, 0.2) is 5.69 Å². The number of aromatic amines is 1. The maximum absolute atomic E-state index is 12.4. The summed E-state index contributed by atoms with van der Waals surface area (Å²) in [5.74, 6) is -0.205. The summed E-state index contributed by atoms with van der Waals surface area (Å²) in [4.78, 5) is 13.5. The van der Waals surface area contributed by atoms with Crippen molar-refractivity contribution in [2.45, 2.75) is 11.8 Å². The van der Waals surface area contributed by atoms with Gasteiger partial charge >= 0.3 is 0 Å². The van der Waals surface area contributed by atoms with Gasteiger partial charge in [-0.15, -0.1) is 11.8 Å². The van der Waals surface area contributed by atoms with Crippen LogP contribution in [0, 0.1) is 6.92 Å². The smallest absolute Gasteiger partial charge is 0.276 e. The lowest BCUT2D eigenvalue weighted by Gasteiger charge is -2.04. The van der Waals surface area contributed by atoms with E-state index in [9.17, 15) is 4.79 Å². The first-order valence-electron chi connectivity index (χ1n) is 6.57. The van der Waals surface area contributed by atoms with E-state index in [1.807, 2.05) is 55.6 Å². The number of hydrogen-bond donors (Lipinski definition) is 2. The zero-order chi connectivity index (χ0) is 14.8. The number of aromatic nitrogens is 2. The number of carbonyl (C=O) groups is 1. The topological polar surface area (TPSA) is 57.8 Å². The summed E-state index contributed by atoms with van der Waals surface area (Å²) in [6.07, 6.45) is 2.02. The van der Waals surface area contributed by atoms with Crippen LogP contribution in [0.15, 0.2) is 47.4 Å². The fourth-order valence-corrected chi connectivity index (χ4v) is 2.57. The molecule has 106 valence electrons. The van der Waals surface area contributed by atoms with Crippen LogP contribution in [0.5, 0.6) is 0 Å². The molecular weight excluding hydrogens is 282 g/mol. The number of rotatable bonds is 3. The molecule has 2 N–H and O–H groups in total. The minimum Gasteiger partial charge on any atom is -0.321 e. The Morgan fingerprint density at radius 2 is 1.95 bits per heavy atom. The van der Waals surface area contributed by atoms with Crippen molar-refractivity contribution in [1.82, 2.24) is 10.2 Å². The molecule has 4 nitrogen and oxygen atoms in total. The van der Waals surface area contributed by atoms with Crippen LogP contribution in [0.4, 0.5) is 5.69 Å². The number of nitrogens with one attached hydrogen (secondary N) is 2. The zero-order valence-corrected chi connectivity index (χ0v) is 12.6. The molecule has 2 aromatic carbocycles. The summed E-state index contributed by atoms with van der Waals surface area (Å²) in [6, 6.07) is 13.6. The number of amides is 1. The van der Waals surface area contributed by atoms with Crippen LogP contribution in [0.25, 0.3) is 10.9 Å². The monoisotopic (exact) mass is 297 g/mol. The van der Waals surface area contributed by atoms with Crippen LogP contribution in [0.1, 0.15) is 16.1 Å². The SMILES string of the molecule is CSc1ccc(NC(=O)c2n[nH]c3ccc(C)cc23)cc1. The molecule has 0 fully saturated rings. The number of H-pyrrole nitrogens is 1. The van der Waals surface area contributed by atoms with Crippen molar-refractivity contribution in [3.8, 4) is 0 Å². The molecule has 5 heteroatoms. The number of hydrogen-bond acceptors (Lipinski definition) is 3. The van der Waals surface area contributed by atoms with Crippen LogP contribution in [0.2, 0.25) is 0 Å². The Labute approximate surface area is 126 Å². The molecule has 3 aromatic rings. The minimum atomic E-state index is -0.205. The highest BCUT2D eigenvalue weighted by atomic mass is 32.2. The molecular formula is C16H15N3OS. The molecule has 0 bridgehead atoms. The Morgan fingerprint density at radius 3 is 2.67 bits per heavy atom. The Hall–Kier alpha value is -2.27. The summed E-state index contributed by atoms with van der Waals surface area (Å²) in [5, 5.41) is 10.7. The molecule has 0 saturated carbocycles. The summed E-state index contributed by atoms with van der Waals surface area (Å²) < 4.78 is 0. The van der Waals surface area contributed by atoms with Crippen molar-refractivity contribution in [1.29, 1.82) is 0 Å². The molecule has 0 atom stereocenters. The molecule has 1 aromatic heterocycles. The minimum absolute atomic E-state index is 0.205. The van der Waals surface area contributed by atoms with Crippen LogP contribution in [-0.4, -0.2) is 22.4 Å². The van der Waals surface area contributed by atoms with Gasteiger partial charge in [-0.25, -0.2) is 0 Å². The van der Waals surface area contributed by atoms with E-state index in [1.165, 1.54) is 0 Å². The third-order valence-electron chi connectivity index (χ3n) is 3.28. The van der Waals surface area contributed by atoms with Crippen LogP contribution in [0.3, 0.4) is 0 Å². The first-order valence-corrected chi connectivity index (χ1v) is 7.80. The van der Waals surface area contributed by atoms with E-state index in [0.717, 1.165) is 27.0 Å². The van der Waals surface area contributed by atoms with Gasteiger partial charge in [-0.1, -0.05) is 11.6 Å². The number of carbonyl (C=O) groups excluding carboxylic acids is 1. The molecule has 3 rings (SSSR count). The second-order valence-corrected chi connectivity index (χ2v) is 5.68. The molecule has 1 heterocycles. The standard InChI is InChI=1S/C16H15N3OS/c1-10-3-8-14-13(9-10)15(19-18-14)16(20)17-11-4-6-12(21-2)7-5-11/h3-9H,1-2H3,(H,17,20)(H,18,19). The average Bonchev–Trinajstić information content (AvgIpc) is 2.91. The van der Waals surface area contributed by atoms with E-state index in [1.54, 1.807) is 11.8 Å². The molecule has 0 aliphatic carbocycles. The molecule has 0 saturated heterocycles. The number of aryl methyl sites for hydroxylation is 1. The second-order valence-electron chi connectivity index (χ2n) is 4.80. The maximum atomic E-state index is 12.4. The Kier molecular flexibility index (Phi) is 3.66. The van der Waals surface area contributed by atoms with Gasteiger partial charge in [0, 0.05) is 16.0 Å². The molecule has 0 spiro atoms. The molecule has 1 amide bonds. The zero-order valence-electron chi connectivity index (χ0n) is 11.8. The quantitative estimate of drug-likeness (QED) is 0.722. The van der Waals surface area contributed by atoms with Crippen LogP contribution >= 0.6 is 11.8 Å². The van der Waals surface area contributed by atoms with E-state index in [0.29, 0.717) is 5.69 Å². The molecule has 0 radical (unpaired) electrons. The number of thioether (sulfide) groups is 1. The van der Waals surface area contributed by atoms with E-state index >= 15 is 0 Å². The Bertz CT molecular complexity index is 793. The van der Waals surface area contributed by atoms with Gasteiger partial charge in [0.2, 0.25) is 0 Å². The number of nitrogens with zero attached hydrogens (tertiary/aromatic N) is 1. The summed E-state index contributed by atoms with van der Waals surface area (Å²) >= 11 is 1.67. The van der Waals surface area contributed by atoms with Crippen molar-refractivity contribution in [2.75, 3.05) is 11.6 Å². The van der Waals surface area contributed by atoms with E-state index < -0.39 is 0 Å². The third kappa shape index (κ3) is 2.78. The molecule has 0 unspecified atom stereocenters. The predicted molar refractivity (Wildman–Crippen MR) is 87.0 cm³/mol. The van der Waals surface area contributed by atoms with Crippen molar-refractivity contribution in [2.24, 2.45) is 0 Å². The fourth-order valence-electron chi connectivity index (χ4n) is 2.17. The lowest BCUT2D eigenvalue weighted by Crippen LogP contribution is -2.12. The lowest BCUT2D eigenvalue weighted by atomic mass is 10.1. The number of fused-ring (bicyclic) bond motifs is 1.